The van der Waals surface area contributed by atoms with E-state index in [1.165, 1.54) is 19.3 Å². The van der Waals surface area contributed by atoms with Gasteiger partial charge in [0.1, 0.15) is 16.9 Å². The Labute approximate surface area is 175 Å². The number of aliphatic carboxylic acids is 1. The molecule has 0 atom stereocenters. The Kier molecular flexibility index (Phi) is 7.15. The smallest absolute Gasteiger partial charge is 0.329 e. The van der Waals surface area contributed by atoms with E-state index in [0.717, 1.165) is 18.5 Å². The SMILES string of the molecule is CCCCCCn1cc(-c2cnc(C(=O)NC3(C(=O)O)CCOCC3)c(C)c2)nn1. The molecule has 0 spiro atoms. The lowest BCUT2D eigenvalue weighted by molar-refractivity contribution is -0.148. The number of aromatic nitrogens is 4. The van der Waals surface area contributed by atoms with E-state index in [1.54, 1.807) is 13.1 Å². The Morgan fingerprint density at radius 3 is 2.70 bits per heavy atom. The first-order valence-corrected chi connectivity index (χ1v) is 10.5. The van der Waals surface area contributed by atoms with Gasteiger partial charge in [-0.15, -0.1) is 5.10 Å². The van der Waals surface area contributed by atoms with Crippen LogP contribution in [0.4, 0.5) is 0 Å². The minimum atomic E-state index is -1.32. The monoisotopic (exact) mass is 415 g/mol. The van der Waals surface area contributed by atoms with Crippen LogP contribution in [0.3, 0.4) is 0 Å². The lowest BCUT2D eigenvalue weighted by Gasteiger charge is -2.33. The summed E-state index contributed by atoms with van der Waals surface area (Å²) >= 11 is 0. The average Bonchev–Trinajstić information content (AvgIpc) is 3.20. The Morgan fingerprint density at radius 1 is 1.27 bits per heavy atom. The molecule has 0 aromatic carbocycles. The molecule has 1 amide bonds. The van der Waals surface area contributed by atoms with E-state index in [9.17, 15) is 14.7 Å². The van der Waals surface area contributed by atoms with Gasteiger partial charge >= 0.3 is 5.97 Å². The summed E-state index contributed by atoms with van der Waals surface area (Å²) in [5.41, 5.74) is 0.998. The predicted molar refractivity (Wildman–Crippen MR) is 110 cm³/mol. The van der Waals surface area contributed by atoms with Crippen LogP contribution in [-0.2, 0) is 16.1 Å². The fourth-order valence-electron chi connectivity index (χ4n) is 3.58. The van der Waals surface area contributed by atoms with Gasteiger partial charge in [0.2, 0.25) is 0 Å². The maximum Gasteiger partial charge on any atom is 0.329 e. The van der Waals surface area contributed by atoms with Crippen LogP contribution in [-0.4, -0.2) is 55.7 Å². The zero-order valence-electron chi connectivity index (χ0n) is 17.6. The summed E-state index contributed by atoms with van der Waals surface area (Å²) in [5.74, 6) is -1.55. The zero-order chi connectivity index (χ0) is 21.6. The van der Waals surface area contributed by atoms with E-state index in [-0.39, 0.29) is 18.5 Å². The molecular weight excluding hydrogens is 386 g/mol. The number of hydrogen-bond donors (Lipinski definition) is 2. The summed E-state index contributed by atoms with van der Waals surface area (Å²) < 4.78 is 7.07. The molecule has 2 N–H and O–H groups in total. The number of carbonyl (C=O) groups is 2. The molecule has 0 unspecified atom stereocenters. The number of nitrogens with zero attached hydrogens (tertiary/aromatic N) is 4. The molecular formula is C21H29N5O4. The number of carboxylic acid groups (broad SMARTS) is 1. The summed E-state index contributed by atoms with van der Waals surface area (Å²) in [4.78, 5) is 28.8. The standard InChI is InChI=1S/C21H29N5O4/c1-3-4-5-6-9-26-14-17(24-25-26)16-12-15(2)18(22-13-16)19(27)23-21(20(28)29)7-10-30-11-8-21/h12-14H,3-11H2,1-2H3,(H,23,27)(H,28,29). The van der Waals surface area contributed by atoms with Crippen molar-refractivity contribution in [3.05, 3.63) is 29.7 Å². The van der Waals surface area contributed by atoms with Gasteiger partial charge in [-0.05, 0) is 25.0 Å². The molecule has 0 saturated carbocycles. The summed E-state index contributed by atoms with van der Waals surface area (Å²) in [6.07, 6.45) is 8.54. The van der Waals surface area contributed by atoms with Gasteiger partial charge < -0.3 is 15.2 Å². The van der Waals surface area contributed by atoms with Crippen molar-refractivity contribution in [3.8, 4) is 11.3 Å². The van der Waals surface area contributed by atoms with Gasteiger partial charge in [0.05, 0.1) is 6.20 Å². The second-order valence-electron chi connectivity index (χ2n) is 7.77. The number of aryl methyl sites for hydroxylation is 2. The van der Waals surface area contributed by atoms with E-state index in [4.69, 9.17) is 4.74 Å². The van der Waals surface area contributed by atoms with Crippen LogP contribution in [0.1, 0.15) is 61.5 Å². The number of unbranched alkanes of at least 4 members (excludes halogenated alkanes) is 3. The number of ether oxygens (including phenoxy) is 1. The molecule has 1 aliphatic heterocycles. The molecule has 9 heteroatoms. The Bertz CT molecular complexity index is 889. The molecule has 1 saturated heterocycles. The van der Waals surface area contributed by atoms with Gasteiger partial charge in [-0.3, -0.25) is 14.5 Å². The fraction of sp³-hybridized carbons (Fsp3) is 0.571. The van der Waals surface area contributed by atoms with E-state index in [2.05, 4.69) is 27.5 Å². The van der Waals surface area contributed by atoms with E-state index >= 15 is 0 Å². The van der Waals surface area contributed by atoms with Gasteiger partial charge in [0, 0.05) is 44.4 Å². The number of hydrogen-bond acceptors (Lipinski definition) is 6. The van der Waals surface area contributed by atoms with Crippen molar-refractivity contribution in [1.29, 1.82) is 0 Å². The highest BCUT2D eigenvalue weighted by atomic mass is 16.5. The Balaban J connectivity index is 1.70. The van der Waals surface area contributed by atoms with Crippen molar-refractivity contribution >= 4 is 11.9 Å². The van der Waals surface area contributed by atoms with Crippen LogP contribution < -0.4 is 5.32 Å². The zero-order valence-corrected chi connectivity index (χ0v) is 17.6. The number of carboxylic acids is 1. The molecule has 1 fully saturated rings. The van der Waals surface area contributed by atoms with Crippen LogP contribution >= 0.6 is 0 Å². The maximum atomic E-state index is 12.8. The lowest BCUT2D eigenvalue weighted by Crippen LogP contribution is -2.57. The van der Waals surface area contributed by atoms with Crippen LogP contribution in [0.5, 0.6) is 0 Å². The minimum absolute atomic E-state index is 0.206. The Hall–Kier alpha value is -2.81. The van der Waals surface area contributed by atoms with Crippen molar-refractivity contribution in [1.82, 2.24) is 25.3 Å². The van der Waals surface area contributed by atoms with Crippen molar-refractivity contribution < 1.29 is 19.4 Å². The highest BCUT2D eigenvalue weighted by Gasteiger charge is 2.42. The van der Waals surface area contributed by atoms with Gasteiger partial charge in [-0.2, -0.15) is 0 Å². The number of nitrogens with one attached hydrogen (secondary N) is 1. The molecule has 0 radical (unpaired) electrons. The summed E-state index contributed by atoms with van der Waals surface area (Å²) in [5, 5.41) is 20.7. The van der Waals surface area contributed by atoms with Crippen molar-refractivity contribution in [2.45, 2.75) is 64.5 Å². The topological polar surface area (TPSA) is 119 Å². The maximum absolute atomic E-state index is 12.8. The number of carbonyl (C=O) groups excluding carboxylic acids is 1. The van der Waals surface area contributed by atoms with Gasteiger partial charge in [0.25, 0.3) is 5.91 Å². The minimum Gasteiger partial charge on any atom is -0.480 e. The second kappa shape index (κ2) is 9.80. The van der Waals surface area contributed by atoms with Crippen LogP contribution in [0, 0.1) is 6.92 Å². The summed E-state index contributed by atoms with van der Waals surface area (Å²) in [7, 11) is 0. The average molecular weight is 415 g/mol. The quantitative estimate of drug-likeness (QED) is 0.604. The third-order valence-electron chi connectivity index (χ3n) is 5.48. The third-order valence-corrected chi connectivity index (χ3v) is 5.48. The van der Waals surface area contributed by atoms with Crippen molar-refractivity contribution in [3.63, 3.8) is 0 Å². The first-order chi connectivity index (χ1) is 14.4. The summed E-state index contributed by atoms with van der Waals surface area (Å²) in [6.45, 7) is 5.37. The van der Waals surface area contributed by atoms with Gasteiger partial charge in [-0.1, -0.05) is 31.4 Å². The Morgan fingerprint density at radius 2 is 2.03 bits per heavy atom. The third kappa shape index (κ3) is 5.02. The molecule has 162 valence electrons. The van der Waals surface area contributed by atoms with E-state index in [0.29, 0.717) is 24.5 Å². The number of rotatable bonds is 9. The number of pyridine rings is 1. The molecule has 2 aromatic rings. The highest BCUT2D eigenvalue weighted by Crippen LogP contribution is 2.23. The van der Waals surface area contributed by atoms with Gasteiger partial charge in [-0.25, -0.2) is 4.79 Å². The first-order valence-electron chi connectivity index (χ1n) is 10.5. The second-order valence-corrected chi connectivity index (χ2v) is 7.77. The first kappa shape index (κ1) is 21.9. The molecule has 3 rings (SSSR count). The van der Waals surface area contributed by atoms with E-state index in [1.807, 2.05) is 16.9 Å². The summed E-state index contributed by atoms with van der Waals surface area (Å²) in [6, 6.07) is 1.82. The van der Waals surface area contributed by atoms with Crippen LogP contribution in [0.2, 0.25) is 0 Å². The molecule has 9 nitrogen and oxygen atoms in total. The largest absolute Gasteiger partial charge is 0.480 e. The lowest BCUT2D eigenvalue weighted by atomic mass is 9.90. The van der Waals surface area contributed by atoms with Crippen LogP contribution in [0.25, 0.3) is 11.3 Å². The van der Waals surface area contributed by atoms with Crippen LogP contribution in [0.15, 0.2) is 18.5 Å². The molecule has 0 bridgehead atoms. The fourth-order valence-corrected chi connectivity index (χ4v) is 3.58. The van der Waals surface area contributed by atoms with Gasteiger partial charge in [0.15, 0.2) is 0 Å². The normalized spacial score (nSPS) is 15.7. The van der Waals surface area contributed by atoms with Crippen molar-refractivity contribution in [2.24, 2.45) is 0 Å². The molecule has 0 aliphatic carbocycles. The van der Waals surface area contributed by atoms with Crippen molar-refractivity contribution in [2.75, 3.05) is 13.2 Å². The molecule has 30 heavy (non-hydrogen) atoms. The molecule has 1 aliphatic rings. The molecule has 3 heterocycles. The number of amides is 1. The predicted octanol–water partition coefficient (Wildman–Crippen LogP) is 2.59. The van der Waals surface area contributed by atoms with E-state index < -0.39 is 17.4 Å². The highest BCUT2D eigenvalue weighted by molar-refractivity contribution is 5.97. The molecule has 2 aromatic heterocycles.